The number of methoxy groups -OCH3 is 1. The second-order valence-electron chi connectivity index (χ2n) is 6.91. The Balaban J connectivity index is 1.49. The third-order valence-corrected chi connectivity index (χ3v) is 5.25. The van der Waals surface area contributed by atoms with E-state index < -0.39 is 0 Å². The van der Waals surface area contributed by atoms with E-state index in [2.05, 4.69) is 16.5 Å². The number of likely N-dealkylation sites (tertiary alicyclic amines) is 1. The summed E-state index contributed by atoms with van der Waals surface area (Å²) in [5.74, 6) is 2.24. The fourth-order valence-corrected chi connectivity index (χ4v) is 3.87. The van der Waals surface area contributed by atoms with Gasteiger partial charge in [-0.15, -0.1) is 0 Å². The minimum atomic E-state index is 0.156. The zero-order chi connectivity index (χ0) is 18.8. The lowest BCUT2D eigenvalue weighted by Gasteiger charge is -2.17. The van der Waals surface area contributed by atoms with Gasteiger partial charge in [0, 0.05) is 31.7 Å². The van der Waals surface area contributed by atoms with Crippen LogP contribution in [0.5, 0.6) is 5.75 Å². The molecular formula is C21H24N4O2. The van der Waals surface area contributed by atoms with Crippen LogP contribution in [0.2, 0.25) is 0 Å². The Kier molecular flexibility index (Phi) is 4.79. The van der Waals surface area contributed by atoms with E-state index in [0.29, 0.717) is 13.0 Å². The van der Waals surface area contributed by atoms with Crippen LogP contribution >= 0.6 is 0 Å². The highest BCUT2D eigenvalue weighted by Crippen LogP contribution is 2.29. The van der Waals surface area contributed by atoms with Crippen LogP contribution in [0.25, 0.3) is 11.2 Å². The summed E-state index contributed by atoms with van der Waals surface area (Å²) in [7, 11) is 1.64. The Bertz CT molecular complexity index is 966. The molecule has 0 bridgehead atoms. The Labute approximate surface area is 158 Å². The van der Waals surface area contributed by atoms with Crippen molar-refractivity contribution in [3.8, 4) is 5.75 Å². The van der Waals surface area contributed by atoms with E-state index >= 15 is 0 Å². The zero-order valence-corrected chi connectivity index (χ0v) is 15.8. The van der Waals surface area contributed by atoms with Crippen molar-refractivity contribution < 1.29 is 9.53 Å². The van der Waals surface area contributed by atoms with Gasteiger partial charge in [-0.2, -0.15) is 0 Å². The van der Waals surface area contributed by atoms with Crippen molar-refractivity contribution in [1.29, 1.82) is 0 Å². The first-order valence-electron chi connectivity index (χ1n) is 9.41. The van der Waals surface area contributed by atoms with E-state index in [-0.39, 0.29) is 11.8 Å². The molecule has 27 heavy (non-hydrogen) atoms. The number of amides is 1. The Morgan fingerprint density at radius 3 is 3.00 bits per heavy atom. The molecule has 2 aromatic heterocycles. The van der Waals surface area contributed by atoms with E-state index in [1.54, 1.807) is 13.3 Å². The molecule has 1 saturated heterocycles. The van der Waals surface area contributed by atoms with Gasteiger partial charge in [0.05, 0.1) is 13.5 Å². The highest BCUT2D eigenvalue weighted by molar-refractivity contribution is 5.79. The van der Waals surface area contributed by atoms with E-state index in [1.807, 2.05) is 41.3 Å². The SMILES string of the molecule is CCn1c([C@H]2CCN(C(=O)Cc3cccc(OC)c3)C2)nc2cccnc21. The molecule has 6 nitrogen and oxygen atoms in total. The molecule has 3 aromatic rings. The predicted molar refractivity (Wildman–Crippen MR) is 104 cm³/mol. The lowest BCUT2D eigenvalue weighted by Crippen LogP contribution is -2.30. The summed E-state index contributed by atoms with van der Waals surface area (Å²) in [5, 5.41) is 0. The molecule has 1 fully saturated rings. The molecule has 0 radical (unpaired) electrons. The maximum Gasteiger partial charge on any atom is 0.227 e. The van der Waals surface area contributed by atoms with E-state index in [4.69, 9.17) is 9.72 Å². The van der Waals surface area contributed by atoms with Crippen LogP contribution in [-0.4, -0.2) is 45.5 Å². The van der Waals surface area contributed by atoms with Gasteiger partial charge in [-0.1, -0.05) is 12.1 Å². The molecule has 1 amide bonds. The minimum Gasteiger partial charge on any atom is -0.497 e. The highest BCUT2D eigenvalue weighted by atomic mass is 16.5. The van der Waals surface area contributed by atoms with Crippen molar-refractivity contribution in [1.82, 2.24) is 19.4 Å². The minimum absolute atomic E-state index is 0.156. The number of pyridine rings is 1. The third kappa shape index (κ3) is 3.39. The quantitative estimate of drug-likeness (QED) is 0.698. The van der Waals surface area contributed by atoms with Crippen LogP contribution in [-0.2, 0) is 17.8 Å². The largest absolute Gasteiger partial charge is 0.497 e. The number of fused-ring (bicyclic) bond motifs is 1. The van der Waals surface area contributed by atoms with Gasteiger partial charge < -0.3 is 14.2 Å². The molecule has 140 valence electrons. The molecule has 1 aliphatic heterocycles. The van der Waals surface area contributed by atoms with Gasteiger partial charge in [-0.3, -0.25) is 4.79 Å². The molecule has 0 spiro atoms. The molecular weight excluding hydrogens is 340 g/mol. The molecule has 6 heteroatoms. The van der Waals surface area contributed by atoms with Gasteiger partial charge in [0.25, 0.3) is 0 Å². The number of hydrogen-bond acceptors (Lipinski definition) is 4. The summed E-state index contributed by atoms with van der Waals surface area (Å²) < 4.78 is 7.43. The number of imidazole rings is 1. The summed E-state index contributed by atoms with van der Waals surface area (Å²) in [4.78, 5) is 24.0. The molecule has 1 atom stereocenters. The van der Waals surface area contributed by atoms with Crippen LogP contribution in [0, 0.1) is 0 Å². The summed E-state index contributed by atoms with van der Waals surface area (Å²) in [5.41, 5.74) is 2.83. The lowest BCUT2D eigenvalue weighted by atomic mass is 10.1. The van der Waals surface area contributed by atoms with Gasteiger partial charge >= 0.3 is 0 Å². The summed E-state index contributed by atoms with van der Waals surface area (Å²) in [6, 6.07) is 11.6. The van der Waals surface area contributed by atoms with Gasteiger partial charge in [0.2, 0.25) is 5.91 Å². The molecule has 0 unspecified atom stereocenters. The van der Waals surface area contributed by atoms with Gasteiger partial charge in [-0.05, 0) is 43.2 Å². The summed E-state index contributed by atoms with van der Waals surface area (Å²) in [6.45, 7) is 4.43. The van der Waals surface area contributed by atoms with Crippen molar-refractivity contribution in [3.63, 3.8) is 0 Å². The second-order valence-corrected chi connectivity index (χ2v) is 6.91. The molecule has 3 heterocycles. The topological polar surface area (TPSA) is 60.2 Å². The van der Waals surface area contributed by atoms with Crippen molar-refractivity contribution in [2.24, 2.45) is 0 Å². The van der Waals surface area contributed by atoms with Crippen molar-refractivity contribution in [2.75, 3.05) is 20.2 Å². The van der Waals surface area contributed by atoms with Gasteiger partial charge in [0.1, 0.15) is 17.1 Å². The molecule has 4 rings (SSSR count). The van der Waals surface area contributed by atoms with Crippen LogP contribution in [0.15, 0.2) is 42.6 Å². The number of aromatic nitrogens is 3. The average Bonchev–Trinajstić information content (AvgIpc) is 3.32. The number of benzene rings is 1. The third-order valence-electron chi connectivity index (χ3n) is 5.25. The Hall–Kier alpha value is -2.89. The Morgan fingerprint density at radius 2 is 2.19 bits per heavy atom. The second kappa shape index (κ2) is 7.39. The van der Waals surface area contributed by atoms with Crippen molar-refractivity contribution in [2.45, 2.75) is 32.2 Å². The van der Waals surface area contributed by atoms with Crippen molar-refractivity contribution >= 4 is 17.1 Å². The van der Waals surface area contributed by atoms with Crippen molar-refractivity contribution in [3.05, 3.63) is 54.0 Å². The monoisotopic (exact) mass is 364 g/mol. The van der Waals surface area contributed by atoms with Gasteiger partial charge in [0.15, 0.2) is 5.65 Å². The van der Waals surface area contributed by atoms with Crippen LogP contribution < -0.4 is 4.74 Å². The fourth-order valence-electron chi connectivity index (χ4n) is 3.87. The first-order valence-corrected chi connectivity index (χ1v) is 9.41. The summed E-state index contributed by atoms with van der Waals surface area (Å²) >= 11 is 0. The number of aryl methyl sites for hydroxylation is 1. The zero-order valence-electron chi connectivity index (χ0n) is 15.8. The highest BCUT2D eigenvalue weighted by Gasteiger charge is 2.30. The normalized spacial score (nSPS) is 16.8. The molecule has 0 N–H and O–H groups in total. The first-order chi connectivity index (χ1) is 13.2. The van der Waals surface area contributed by atoms with Gasteiger partial charge in [-0.25, -0.2) is 9.97 Å². The number of hydrogen-bond donors (Lipinski definition) is 0. The molecule has 1 aromatic carbocycles. The number of rotatable bonds is 5. The number of ether oxygens (including phenoxy) is 1. The van der Waals surface area contributed by atoms with E-state index in [9.17, 15) is 4.79 Å². The molecule has 0 saturated carbocycles. The summed E-state index contributed by atoms with van der Waals surface area (Å²) in [6.07, 6.45) is 3.14. The maximum atomic E-state index is 12.8. The standard InChI is InChI=1S/C21H24N4O2/c1-3-25-20(23-18-8-5-10-22-21(18)25)16-9-11-24(14-16)19(26)13-15-6-4-7-17(12-15)27-2/h4-8,10,12,16H,3,9,11,13-14H2,1-2H3/t16-/m0/s1. The molecule has 0 aliphatic carbocycles. The predicted octanol–water partition coefficient (Wildman–Crippen LogP) is 3.02. The average molecular weight is 364 g/mol. The number of carbonyl (C=O) groups excluding carboxylic acids is 1. The van der Waals surface area contributed by atoms with E-state index in [1.165, 1.54) is 0 Å². The lowest BCUT2D eigenvalue weighted by molar-refractivity contribution is -0.129. The van der Waals surface area contributed by atoms with Crippen LogP contribution in [0.1, 0.15) is 30.7 Å². The van der Waals surface area contributed by atoms with Crippen LogP contribution in [0.4, 0.5) is 0 Å². The van der Waals surface area contributed by atoms with Crippen LogP contribution in [0.3, 0.4) is 0 Å². The maximum absolute atomic E-state index is 12.8. The number of nitrogens with zero attached hydrogens (tertiary/aromatic N) is 4. The smallest absolute Gasteiger partial charge is 0.227 e. The van der Waals surface area contributed by atoms with E-state index in [0.717, 1.165) is 47.8 Å². The fraction of sp³-hybridized carbons (Fsp3) is 0.381. The Morgan fingerprint density at radius 1 is 1.30 bits per heavy atom. The number of carbonyl (C=O) groups is 1. The molecule has 1 aliphatic rings. The first kappa shape index (κ1) is 17.5.